The van der Waals surface area contributed by atoms with E-state index in [1.54, 1.807) is 45.0 Å². The molecule has 23 heavy (non-hydrogen) atoms. The molecule has 128 valence electrons. The summed E-state index contributed by atoms with van der Waals surface area (Å²) in [5.41, 5.74) is 6.14. The summed E-state index contributed by atoms with van der Waals surface area (Å²) in [5.74, 6) is -4.50. The van der Waals surface area contributed by atoms with Crippen LogP contribution in [0.5, 0.6) is 0 Å². The van der Waals surface area contributed by atoms with Gasteiger partial charge < -0.3 is 16.4 Å². The number of nitrogens with one attached hydrogen (secondary N) is 2. The molecule has 0 aliphatic heterocycles. The highest BCUT2D eigenvalue weighted by atomic mass is 19.3. The lowest BCUT2D eigenvalue weighted by atomic mass is 10.0. The number of alkyl halides is 2. The van der Waals surface area contributed by atoms with Crippen molar-refractivity contribution in [2.24, 2.45) is 11.7 Å². The van der Waals surface area contributed by atoms with Gasteiger partial charge in [0.25, 0.3) is 11.8 Å². The van der Waals surface area contributed by atoms with Gasteiger partial charge in [-0.1, -0.05) is 32.0 Å². The van der Waals surface area contributed by atoms with Crippen LogP contribution in [0.3, 0.4) is 0 Å². The SMILES string of the molecule is Cc1ccccc1C(=O)NC(C(=O)NCC(F)(F)CN)C(C)C. The van der Waals surface area contributed by atoms with Crippen LogP contribution in [0.1, 0.15) is 29.8 Å². The minimum absolute atomic E-state index is 0.255. The molecule has 0 radical (unpaired) electrons. The molecular formula is C16H23F2N3O2. The van der Waals surface area contributed by atoms with E-state index in [0.29, 0.717) is 5.56 Å². The zero-order chi connectivity index (χ0) is 17.6. The molecule has 0 heterocycles. The van der Waals surface area contributed by atoms with Gasteiger partial charge >= 0.3 is 0 Å². The van der Waals surface area contributed by atoms with Crippen molar-refractivity contribution < 1.29 is 18.4 Å². The van der Waals surface area contributed by atoms with Crippen LogP contribution < -0.4 is 16.4 Å². The van der Waals surface area contributed by atoms with Crippen molar-refractivity contribution in [1.82, 2.24) is 10.6 Å². The maximum Gasteiger partial charge on any atom is 0.277 e. The van der Waals surface area contributed by atoms with Crippen molar-refractivity contribution in [3.8, 4) is 0 Å². The van der Waals surface area contributed by atoms with Crippen molar-refractivity contribution in [2.75, 3.05) is 13.1 Å². The lowest BCUT2D eigenvalue weighted by molar-refractivity contribution is -0.125. The predicted molar refractivity (Wildman–Crippen MR) is 84.3 cm³/mol. The van der Waals surface area contributed by atoms with E-state index < -0.39 is 36.9 Å². The van der Waals surface area contributed by atoms with E-state index in [1.165, 1.54) is 0 Å². The number of amides is 2. The largest absolute Gasteiger partial charge is 0.348 e. The highest BCUT2D eigenvalue weighted by molar-refractivity contribution is 5.98. The Morgan fingerprint density at radius 2 is 1.87 bits per heavy atom. The normalized spacial score (nSPS) is 12.8. The quantitative estimate of drug-likeness (QED) is 0.709. The van der Waals surface area contributed by atoms with Gasteiger partial charge in [-0.25, -0.2) is 8.78 Å². The third-order valence-electron chi connectivity index (χ3n) is 3.45. The monoisotopic (exact) mass is 327 g/mol. The number of carbonyl (C=O) groups excluding carboxylic acids is 2. The molecule has 1 aromatic rings. The van der Waals surface area contributed by atoms with Crippen molar-refractivity contribution in [3.05, 3.63) is 35.4 Å². The summed E-state index contributed by atoms with van der Waals surface area (Å²) in [6.07, 6.45) is 0. The van der Waals surface area contributed by atoms with Crippen molar-refractivity contribution in [1.29, 1.82) is 0 Å². The Labute approximate surface area is 134 Å². The second-order valence-electron chi connectivity index (χ2n) is 5.79. The van der Waals surface area contributed by atoms with Crippen LogP contribution in [0.2, 0.25) is 0 Å². The van der Waals surface area contributed by atoms with Crippen molar-refractivity contribution in [2.45, 2.75) is 32.7 Å². The number of benzene rings is 1. The Bertz CT molecular complexity index is 562. The topological polar surface area (TPSA) is 84.2 Å². The standard InChI is InChI=1S/C16H23F2N3O2/c1-10(2)13(15(23)20-9-16(17,18)8-19)21-14(22)12-7-5-4-6-11(12)3/h4-7,10,13H,8-9,19H2,1-3H3,(H,20,23)(H,21,22). The lowest BCUT2D eigenvalue weighted by Gasteiger charge is -2.23. The van der Waals surface area contributed by atoms with Gasteiger partial charge in [-0.2, -0.15) is 0 Å². The molecule has 1 unspecified atom stereocenters. The summed E-state index contributed by atoms with van der Waals surface area (Å²) in [7, 11) is 0. The van der Waals surface area contributed by atoms with E-state index in [0.717, 1.165) is 5.56 Å². The maximum absolute atomic E-state index is 13.1. The van der Waals surface area contributed by atoms with Crippen molar-refractivity contribution in [3.63, 3.8) is 0 Å². The smallest absolute Gasteiger partial charge is 0.277 e. The van der Waals surface area contributed by atoms with Crippen LogP contribution in [0.15, 0.2) is 24.3 Å². The zero-order valence-electron chi connectivity index (χ0n) is 13.5. The number of hydrogen-bond acceptors (Lipinski definition) is 3. The number of nitrogens with two attached hydrogens (primary N) is 1. The number of hydrogen-bond donors (Lipinski definition) is 3. The Morgan fingerprint density at radius 3 is 2.39 bits per heavy atom. The molecule has 5 nitrogen and oxygen atoms in total. The summed E-state index contributed by atoms with van der Waals surface area (Å²) >= 11 is 0. The first-order valence-corrected chi connectivity index (χ1v) is 7.40. The molecule has 1 rings (SSSR count). The molecule has 0 spiro atoms. The molecule has 0 saturated heterocycles. The summed E-state index contributed by atoms with van der Waals surface area (Å²) in [6, 6.07) is 6.03. The Kier molecular flexibility index (Phi) is 6.62. The minimum Gasteiger partial charge on any atom is -0.348 e. The molecule has 0 bridgehead atoms. The van der Waals surface area contributed by atoms with Gasteiger partial charge in [0.2, 0.25) is 5.91 Å². The second kappa shape index (κ2) is 8.01. The molecule has 0 aliphatic carbocycles. The first-order chi connectivity index (χ1) is 10.7. The van der Waals surface area contributed by atoms with Crippen LogP contribution >= 0.6 is 0 Å². The number of halogens is 2. The number of aryl methyl sites for hydroxylation is 1. The van der Waals surface area contributed by atoms with Crippen molar-refractivity contribution >= 4 is 11.8 Å². The van der Waals surface area contributed by atoms with Gasteiger partial charge in [0.05, 0.1) is 13.1 Å². The van der Waals surface area contributed by atoms with E-state index in [-0.39, 0.29) is 5.92 Å². The summed E-state index contributed by atoms with van der Waals surface area (Å²) in [4.78, 5) is 24.4. The van der Waals surface area contributed by atoms with E-state index in [4.69, 9.17) is 5.73 Å². The predicted octanol–water partition coefficient (Wildman–Crippen LogP) is 1.46. The molecule has 0 aliphatic rings. The molecule has 0 fully saturated rings. The van der Waals surface area contributed by atoms with E-state index in [2.05, 4.69) is 10.6 Å². The van der Waals surface area contributed by atoms with Gasteiger partial charge in [0.1, 0.15) is 6.04 Å². The first kappa shape index (κ1) is 19.0. The molecule has 0 aromatic heterocycles. The zero-order valence-corrected chi connectivity index (χ0v) is 13.5. The van der Waals surface area contributed by atoms with Crippen LogP contribution in [-0.4, -0.2) is 36.9 Å². The molecular weight excluding hydrogens is 304 g/mol. The van der Waals surface area contributed by atoms with Gasteiger partial charge in [-0.3, -0.25) is 9.59 Å². The molecule has 4 N–H and O–H groups in total. The highest BCUT2D eigenvalue weighted by Crippen LogP contribution is 2.11. The Balaban J connectivity index is 2.77. The third-order valence-corrected chi connectivity index (χ3v) is 3.45. The fraction of sp³-hybridized carbons (Fsp3) is 0.500. The highest BCUT2D eigenvalue weighted by Gasteiger charge is 2.30. The van der Waals surface area contributed by atoms with Gasteiger partial charge in [-0.05, 0) is 24.5 Å². The molecule has 1 aromatic carbocycles. The average molecular weight is 327 g/mol. The lowest BCUT2D eigenvalue weighted by Crippen LogP contribution is -2.52. The molecule has 2 amide bonds. The second-order valence-corrected chi connectivity index (χ2v) is 5.79. The summed E-state index contributed by atoms with van der Waals surface area (Å²) in [6.45, 7) is 3.52. The number of rotatable bonds is 7. The first-order valence-electron chi connectivity index (χ1n) is 7.40. The Morgan fingerprint density at radius 1 is 1.26 bits per heavy atom. The summed E-state index contributed by atoms with van der Waals surface area (Å²) in [5, 5.41) is 4.74. The fourth-order valence-electron chi connectivity index (χ4n) is 1.98. The fourth-order valence-corrected chi connectivity index (χ4v) is 1.98. The van der Waals surface area contributed by atoms with Gasteiger partial charge in [-0.15, -0.1) is 0 Å². The molecule has 1 atom stereocenters. The van der Waals surface area contributed by atoms with E-state index in [9.17, 15) is 18.4 Å². The average Bonchev–Trinajstić information content (AvgIpc) is 2.50. The van der Waals surface area contributed by atoms with E-state index in [1.807, 2.05) is 0 Å². The van der Waals surface area contributed by atoms with Crippen LogP contribution in [0.25, 0.3) is 0 Å². The Hall–Kier alpha value is -2.02. The third kappa shape index (κ3) is 5.59. The van der Waals surface area contributed by atoms with Gasteiger partial charge in [0, 0.05) is 5.56 Å². The van der Waals surface area contributed by atoms with Crippen LogP contribution in [0, 0.1) is 12.8 Å². The van der Waals surface area contributed by atoms with Crippen LogP contribution in [-0.2, 0) is 4.79 Å². The minimum atomic E-state index is -3.17. The van der Waals surface area contributed by atoms with Gasteiger partial charge in [0.15, 0.2) is 0 Å². The van der Waals surface area contributed by atoms with Crippen LogP contribution in [0.4, 0.5) is 8.78 Å². The molecule has 0 saturated carbocycles. The van der Waals surface area contributed by atoms with E-state index >= 15 is 0 Å². The maximum atomic E-state index is 13.1. The summed E-state index contributed by atoms with van der Waals surface area (Å²) < 4.78 is 26.3. The number of carbonyl (C=O) groups is 2. The molecule has 7 heteroatoms.